The summed E-state index contributed by atoms with van der Waals surface area (Å²) < 4.78 is 37.7. The third-order valence-electron chi connectivity index (χ3n) is 5.95. The number of hydrogen-bond donors (Lipinski definition) is 0. The highest BCUT2D eigenvalue weighted by Crippen LogP contribution is 2.26. The smallest absolute Gasteiger partial charge is 0.271 e. The van der Waals surface area contributed by atoms with Gasteiger partial charge >= 0.3 is 0 Å². The zero-order valence-corrected chi connectivity index (χ0v) is 19.8. The number of piperazine rings is 1. The van der Waals surface area contributed by atoms with E-state index < -0.39 is 10.0 Å². The number of aromatic nitrogens is 4. The number of nitrogens with zero attached hydrogens (tertiary/aromatic N) is 6. The van der Waals surface area contributed by atoms with Crippen LogP contribution >= 0.6 is 11.7 Å². The van der Waals surface area contributed by atoms with Gasteiger partial charge in [0.25, 0.3) is 5.56 Å². The summed E-state index contributed by atoms with van der Waals surface area (Å²) in [6.07, 6.45) is 0. The van der Waals surface area contributed by atoms with Gasteiger partial charge in [-0.3, -0.25) is 4.79 Å². The van der Waals surface area contributed by atoms with Crippen LogP contribution in [-0.4, -0.2) is 57.4 Å². The fraction of sp³-hybridized carbons (Fsp3) is 0.273. The topological polar surface area (TPSA) is 101 Å². The summed E-state index contributed by atoms with van der Waals surface area (Å²) in [5.74, 6) is 0.635. The molecule has 11 heteroatoms. The van der Waals surface area contributed by atoms with Gasteiger partial charge in [0.2, 0.25) is 10.0 Å². The highest BCUT2D eigenvalue weighted by Gasteiger charge is 2.31. The number of aryl methyl sites for hydroxylation is 2. The fourth-order valence-electron chi connectivity index (χ4n) is 3.90. The van der Waals surface area contributed by atoms with Gasteiger partial charge in [-0.2, -0.15) is 17.7 Å². The van der Waals surface area contributed by atoms with Crippen molar-refractivity contribution in [1.82, 2.24) is 22.8 Å². The van der Waals surface area contributed by atoms with Crippen molar-refractivity contribution in [2.75, 3.05) is 31.1 Å². The lowest BCUT2D eigenvalue weighted by Gasteiger charge is -2.34. The van der Waals surface area contributed by atoms with E-state index in [1.807, 2.05) is 36.9 Å². The molecule has 5 rings (SSSR count). The minimum absolute atomic E-state index is 0.184. The van der Waals surface area contributed by atoms with Crippen molar-refractivity contribution in [1.29, 1.82) is 0 Å². The highest BCUT2D eigenvalue weighted by atomic mass is 32.2. The van der Waals surface area contributed by atoms with Gasteiger partial charge in [0.15, 0.2) is 0 Å². The Kier molecular flexibility index (Phi) is 5.47. The maximum absolute atomic E-state index is 13.3. The van der Waals surface area contributed by atoms with Crippen LogP contribution in [0.4, 0.5) is 5.82 Å². The molecule has 2 aromatic heterocycles. The third-order valence-corrected chi connectivity index (χ3v) is 8.42. The summed E-state index contributed by atoms with van der Waals surface area (Å²) >= 11 is 1.00. The first-order valence-corrected chi connectivity index (χ1v) is 12.7. The molecule has 0 radical (unpaired) electrons. The predicted molar refractivity (Wildman–Crippen MR) is 128 cm³/mol. The first kappa shape index (κ1) is 21.7. The Morgan fingerprint density at radius 3 is 2.45 bits per heavy atom. The number of rotatable bonds is 4. The van der Waals surface area contributed by atoms with Crippen LogP contribution in [0.25, 0.3) is 16.7 Å². The molecular weight excluding hydrogens is 460 g/mol. The van der Waals surface area contributed by atoms with Crippen LogP contribution in [0.15, 0.2) is 58.2 Å². The number of sulfonamides is 1. The largest absolute Gasteiger partial charge is 0.353 e. The first-order valence-electron chi connectivity index (χ1n) is 10.5. The molecule has 3 heterocycles. The molecule has 0 saturated carbocycles. The molecule has 0 atom stereocenters. The van der Waals surface area contributed by atoms with E-state index >= 15 is 0 Å². The van der Waals surface area contributed by atoms with Gasteiger partial charge in [0, 0.05) is 32.2 Å². The molecule has 0 unspecified atom stereocenters. The minimum atomic E-state index is -3.70. The second kappa shape index (κ2) is 8.32. The van der Waals surface area contributed by atoms with E-state index in [2.05, 4.69) is 13.8 Å². The molecule has 33 heavy (non-hydrogen) atoms. The Morgan fingerprint density at radius 2 is 1.70 bits per heavy atom. The van der Waals surface area contributed by atoms with Gasteiger partial charge < -0.3 is 4.90 Å². The molecule has 0 bridgehead atoms. The van der Waals surface area contributed by atoms with Crippen LogP contribution in [0, 0.1) is 13.8 Å². The van der Waals surface area contributed by atoms with E-state index in [1.165, 1.54) is 15.1 Å². The summed E-state index contributed by atoms with van der Waals surface area (Å²) in [4.78, 5) is 14.6. The van der Waals surface area contributed by atoms with Crippen LogP contribution in [0.5, 0.6) is 0 Å². The molecule has 1 aliphatic rings. The molecule has 1 saturated heterocycles. The normalized spacial score (nSPS) is 15.3. The van der Waals surface area contributed by atoms with E-state index in [4.69, 9.17) is 0 Å². The minimum Gasteiger partial charge on any atom is -0.353 e. The van der Waals surface area contributed by atoms with Gasteiger partial charge in [-0.25, -0.2) is 8.42 Å². The van der Waals surface area contributed by atoms with Crippen molar-refractivity contribution in [3.05, 3.63) is 70.0 Å². The summed E-state index contributed by atoms with van der Waals surface area (Å²) in [6, 6.07) is 14.0. The highest BCUT2D eigenvalue weighted by molar-refractivity contribution is 7.89. The maximum atomic E-state index is 13.3. The SMILES string of the molecule is Cc1ccc(-n2nc(N3CCN(S(=O)(=O)c4cccc5nsnc45)CC3)ccc2=O)cc1C. The molecule has 0 amide bonds. The Labute approximate surface area is 195 Å². The van der Waals surface area contributed by atoms with Crippen molar-refractivity contribution in [3.63, 3.8) is 0 Å². The molecule has 2 aromatic carbocycles. The van der Waals surface area contributed by atoms with Crippen molar-refractivity contribution in [3.8, 4) is 5.69 Å². The first-order chi connectivity index (χ1) is 15.8. The number of fused-ring (bicyclic) bond motifs is 1. The molecule has 0 N–H and O–H groups in total. The van der Waals surface area contributed by atoms with E-state index in [9.17, 15) is 13.2 Å². The van der Waals surface area contributed by atoms with Crippen LogP contribution < -0.4 is 10.5 Å². The molecular formula is C22H22N6O3S2. The van der Waals surface area contributed by atoms with Crippen LogP contribution in [0.2, 0.25) is 0 Å². The summed E-state index contributed by atoms with van der Waals surface area (Å²) in [7, 11) is -3.70. The summed E-state index contributed by atoms with van der Waals surface area (Å²) in [6.45, 7) is 5.55. The quantitative estimate of drug-likeness (QED) is 0.440. The molecule has 9 nitrogen and oxygen atoms in total. The Bertz CT molecular complexity index is 1500. The summed E-state index contributed by atoms with van der Waals surface area (Å²) in [5.41, 5.74) is 3.70. The standard InChI is InChI=1S/C22H22N6O3S2/c1-15-6-7-17(14-16(15)2)28-21(29)9-8-20(23-28)26-10-12-27(13-11-26)33(30,31)19-5-3-4-18-22(19)25-32-24-18/h3-9,14H,10-13H2,1-2H3. The lowest BCUT2D eigenvalue weighted by atomic mass is 10.1. The van der Waals surface area contributed by atoms with Crippen molar-refractivity contribution >= 4 is 38.6 Å². The van der Waals surface area contributed by atoms with E-state index in [0.29, 0.717) is 48.7 Å². The van der Waals surface area contributed by atoms with E-state index in [1.54, 1.807) is 24.3 Å². The molecule has 4 aromatic rings. The van der Waals surface area contributed by atoms with Crippen LogP contribution in [0.1, 0.15) is 11.1 Å². The van der Waals surface area contributed by atoms with Crippen molar-refractivity contribution in [2.45, 2.75) is 18.7 Å². The van der Waals surface area contributed by atoms with E-state index in [0.717, 1.165) is 22.9 Å². The average Bonchev–Trinajstić information content (AvgIpc) is 3.30. The number of benzene rings is 2. The second-order valence-electron chi connectivity index (χ2n) is 7.99. The summed E-state index contributed by atoms with van der Waals surface area (Å²) in [5, 5.41) is 4.56. The van der Waals surface area contributed by atoms with E-state index in [-0.39, 0.29) is 10.5 Å². The second-order valence-corrected chi connectivity index (χ2v) is 10.4. The average molecular weight is 483 g/mol. The fourth-order valence-corrected chi connectivity index (χ4v) is 6.07. The lowest BCUT2D eigenvalue weighted by molar-refractivity contribution is 0.383. The molecule has 1 aliphatic heterocycles. The van der Waals surface area contributed by atoms with Gasteiger partial charge in [0.05, 0.1) is 17.4 Å². The maximum Gasteiger partial charge on any atom is 0.271 e. The van der Waals surface area contributed by atoms with Gasteiger partial charge in [-0.05, 0) is 55.3 Å². The van der Waals surface area contributed by atoms with Crippen molar-refractivity contribution in [2.24, 2.45) is 0 Å². The zero-order chi connectivity index (χ0) is 23.2. The zero-order valence-electron chi connectivity index (χ0n) is 18.2. The van der Waals surface area contributed by atoms with Gasteiger partial charge in [0.1, 0.15) is 21.7 Å². The van der Waals surface area contributed by atoms with Gasteiger partial charge in [-0.15, -0.1) is 5.10 Å². The molecule has 0 spiro atoms. The molecule has 1 fully saturated rings. The number of hydrogen-bond acceptors (Lipinski definition) is 8. The lowest BCUT2D eigenvalue weighted by Crippen LogP contribution is -2.49. The Hall–Kier alpha value is -3.15. The third kappa shape index (κ3) is 3.92. The molecule has 0 aliphatic carbocycles. The van der Waals surface area contributed by atoms with Crippen molar-refractivity contribution < 1.29 is 8.42 Å². The monoisotopic (exact) mass is 482 g/mol. The van der Waals surface area contributed by atoms with Crippen LogP contribution in [0.3, 0.4) is 0 Å². The van der Waals surface area contributed by atoms with Gasteiger partial charge in [-0.1, -0.05) is 12.1 Å². The predicted octanol–water partition coefficient (Wildman–Crippen LogP) is 2.36. The Balaban J connectivity index is 1.38. The van der Waals surface area contributed by atoms with Crippen LogP contribution in [-0.2, 0) is 10.0 Å². The Morgan fingerprint density at radius 1 is 0.909 bits per heavy atom. The number of anilines is 1. The molecule has 170 valence electrons.